The number of para-hydroxylation sites is 2. The maximum absolute atomic E-state index is 11.4. The third-order valence-electron chi connectivity index (χ3n) is 14.5. The Morgan fingerprint density at radius 2 is 0.769 bits per heavy atom. The summed E-state index contributed by atoms with van der Waals surface area (Å²) < 4.78 is 4.46. The first-order chi connectivity index (χ1) is 38.4. The van der Waals surface area contributed by atoms with Gasteiger partial charge in [-0.15, -0.1) is 0 Å². The summed E-state index contributed by atoms with van der Waals surface area (Å²) in [6, 6.07) is 85.0. The van der Waals surface area contributed by atoms with Crippen LogP contribution in [-0.4, -0.2) is 19.1 Å². The molecule has 13 rings (SSSR count). The second kappa shape index (κ2) is 19.0. The van der Waals surface area contributed by atoms with Crippen molar-refractivity contribution in [2.75, 3.05) is 0 Å². The summed E-state index contributed by atoms with van der Waals surface area (Å²) in [4.78, 5) is 10.6. The number of nitriles is 5. The molecule has 0 spiro atoms. The van der Waals surface area contributed by atoms with Crippen LogP contribution in [0.2, 0.25) is 0 Å². The van der Waals surface area contributed by atoms with Crippen LogP contribution in [0.4, 0.5) is 0 Å². The molecule has 3 aromatic heterocycles. The number of hydrogen-bond donors (Lipinski definition) is 0. The molecule has 10 aromatic carbocycles. The SMILES string of the molecule is N#Cc1ccc(-c2ccc3c(c2)c2ccccc2n3-c2ccc(-c3nc(-c4ccccc4)cc(-c4ccccc4)n3)cc2-c2c(C#N)cccc2-n2c3ccccc3c3cc(-c4ccc(C#N)cc4C#N)ccc32)c(C#N)c1. The van der Waals surface area contributed by atoms with Crippen LogP contribution in [0.3, 0.4) is 0 Å². The molecule has 0 aliphatic rings. The molecular formula is C69H37N9. The molecule has 0 saturated carbocycles. The largest absolute Gasteiger partial charge is 0.309 e. The molecule has 0 atom stereocenters. The number of hydrogen-bond acceptors (Lipinski definition) is 7. The third kappa shape index (κ3) is 7.68. The lowest BCUT2D eigenvalue weighted by Gasteiger charge is -2.21. The van der Waals surface area contributed by atoms with Crippen LogP contribution in [0.5, 0.6) is 0 Å². The maximum Gasteiger partial charge on any atom is 0.160 e. The van der Waals surface area contributed by atoms with Crippen molar-refractivity contribution in [1.82, 2.24) is 19.1 Å². The van der Waals surface area contributed by atoms with E-state index in [0.29, 0.717) is 39.2 Å². The Hall–Kier alpha value is -11.7. The average molecular weight is 992 g/mol. The van der Waals surface area contributed by atoms with Crippen LogP contribution in [0, 0.1) is 56.7 Å². The molecule has 0 bridgehead atoms. The fraction of sp³-hybridized carbons (Fsp3) is 0. The minimum Gasteiger partial charge on any atom is -0.309 e. The Bertz CT molecular complexity index is 4800. The van der Waals surface area contributed by atoms with Crippen LogP contribution >= 0.6 is 0 Å². The van der Waals surface area contributed by atoms with Gasteiger partial charge in [0.15, 0.2) is 5.82 Å². The van der Waals surface area contributed by atoms with Crippen LogP contribution in [0.1, 0.15) is 27.8 Å². The highest BCUT2D eigenvalue weighted by atomic mass is 15.0. The lowest BCUT2D eigenvalue weighted by molar-refractivity contribution is 1.15. The molecule has 9 nitrogen and oxygen atoms in total. The second-order valence-electron chi connectivity index (χ2n) is 18.9. The second-order valence-corrected chi connectivity index (χ2v) is 18.9. The van der Waals surface area contributed by atoms with E-state index < -0.39 is 0 Å². The molecule has 0 fully saturated rings. The van der Waals surface area contributed by atoms with E-state index in [1.165, 1.54) is 0 Å². The van der Waals surface area contributed by atoms with Gasteiger partial charge in [-0.1, -0.05) is 127 Å². The molecule has 13 aromatic rings. The van der Waals surface area contributed by atoms with Gasteiger partial charge in [0.2, 0.25) is 0 Å². The minimum atomic E-state index is 0.408. The van der Waals surface area contributed by atoms with Gasteiger partial charge >= 0.3 is 0 Å². The predicted molar refractivity (Wildman–Crippen MR) is 307 cm³/mol. The fourth-order valence-electron chi connectivity index (χ4n) is 11.0. The molecule has 3 heterocycles. The van der Waals surface area contributed by atoms with Gasteiger partial charge in [0.1, 0.15) is 0 Å². The van der Waals surface area contributed by atoms with E-state index in [4.69, 9.17) is 9.97 Å². The lowest BCUT2D eigenvalue weighted by atomic mass is 9.94. The van der Waals surface area contributed by atoms with Gasteiger partial charge in [0, 0.05) is 49.4 Å². The standard InChI is InChI=1S/C69H37N9/c70-38-43-22-27-53(51(32-43)41-73)47-24-29-64-57(34-47)55-17-7-9-19-62(55)77(64)66-31-26-49(69-75-60(45-12-3-1-4-13-45)37-61(76-69)46-14-5-2-6-15-46)36-59(66)68-50(40-72)16-11-21-67(68)78-63-20-10-8-18-56(63)58-35-48(25-30-65(58)78)54-28-23-44(39-71)33-52(54)42-74/h1-37H. The van der Waals surface area contributed by atoms with Crippen molar-refractivity contribution < 1.29 is 0 Å². The summed E-state index contributed by atoms with van der Waals surface area (Å²) in [5.41, 5.74) is 16.0. The van der Waals surface area contributed by atoms with E-state index in [2.05, 4.69) is 112 Å². The average Bonchev–Trinajstić information content (AvgIpc) is 4.25. The molecule has 9 heteroatoms. The molecular weight excluding hydrogens is 955 g/mol. The quantitative estimate of drug-likeness (QED) is 0.147. The summed E-state index contributed by atoms with van der Waals surface area (Å²) in [5.74, 6) is 0.505. The Balaban J connectivity index is 1.10. The van der Waals surface area contributed by atoms with E-state index in [1.807, 2.05) is 127 Å². The van der Waals surface area contributed by atoms with Gasteiger partial charge in [0.25, 0.3) is 0 Å². The highest BCUT2D eigenvalue weighted by Gasteiger charge is 2.25. The van der Waals surface area contributed by atoms with Crippen molar-refractivity contribution in [2.45, 2.75) is 0 Å². The first kappa shape index (κ1) is 46.1. The number of nitrogens with zero attached hydrogens (tertiary/aromatic N) is 9. The Labute approximate surface area is 448 Å². The fourth-order valence-corrected chi connectivity index (χ4v) is 11.0. The van der Waals surface area contributed by atoms with Gasteiger partial charge < -0.3 is 9.13 Å². The van der Waals surface area contributed by atoms with E-state index in [1.54, 1.807) is 24.3 Å². The Kier molecular flexibility index (Phi) is 11.2. The maximum atomic E-state index is 11.4. The summed E-state index contributed by atoms with van der Waals surface area (Å²) in [7, 11) is 0. The predicted octanol–water partition coefficient (Wildman–Crippen LogP) is 16.0. The van der Waals surface area contributed by atoms with E-state index >= 15 is 0 Å². The zero-order valence-electron chi connectivity index (χ0n) is 41.4. The summed E-state index contributed by atoms with van der Waals surface area (Å²) in [5, 5.41) is 55.0. The highest BCUT2D eigenvalue weighted by Crippen LogP contribution is 2.45. The van der Waals surface area contributed by atoms with Gasteiger partial charge in [-0.3, -0.25) is 0 Å². The van der Waals surface area contributed by atoms with Crippen LogP contribution < -0.4 is 0 Å². The van der Waals surface area contributed by atoms with E-state index in [-0.39, 0.29) is 0 Å². The van der Waals surface area contributed by atoms with E-state index in [9.17, 15) is 26.3 Å². The number of aromatic nitrogens is 4. The first-order valence-electron chi connectivity index (χ1n) is 25.1. The molecule has 0 radical (unpaired) electrons. The number of fused-ring (bicyclic) bond motifs is 6. The number of rotatable bonds is 8. The van der Waals surface area contributed by atoms with Crippen molar-refractivity contribution in [3.8, 4) is 109 Å². The van der Waals surface area contributed by atoms with E-state index in [0.717, 1.165) is 111 Å². The van der Waals surface area contributed by atoms with Crippen molar-refractivity contribution in [2.24, 2.45) is 0 Å². The van der Waals surface area contributed by atoms with Crippen LogP contribution in [0.15, 0.2) is 224 Å². The van der Waals surface area contributed by atoms with Crippen molar-refractivity contribution in [3.63, 3.8) is 0 Å². The topological polar surface area (TPSA) is 155 Å². The Morgan fingerprint density at radius 3 is 1.28 bits per heavy atom. The van der Waals surface area contributed by atoms with Gasteiger partial charge in [-0.05, 0) is 119 Å². The third-order valence-corrected chi connectivity index (χ3v) is 14.5. The van der Waals surface area contributed by atoms with Crippen molar-refractivity contribution in [3.05, 3.63) is 252 Å². The summed E-state index contributed by atoms with van der Waals surface area (Å²) in [6.07, 6.45) is 0. The summed E-state index contributed by atoms with van der Waals surface area (Å²) in [6.45, 7) is 0. The van der Waals surface area contributed by atoms with Gasteiger partial charge in [0.05, 0.1) is 103 Å². The molecule has 0 N–H and O–H groups in total. The molecule has 0 unspecified atom stereocenters. The molecule has 0 saturated heterocycles. The normalized spacial score (nSPS) is 11.0. The molecule has 0 aliphatic carbocycles. The molecule has 0 aliphatic heterocycles. The Morgan fingerprint density at radius 1 is 0.295 bits per heavy atom. The monoisotopic (exact) mass is 991 g/mol. The van der Waals surface area contributed by atoms with Crippen molar-refractivity contribution in [1.29, 1.82) is 26.3 Å². The molecule has 78 heavy (non-hydrogen) atoms. The van der Waals surface area contributed by atoms with Gasteiger partial charge in [-0.25, -0.2) is 9.97 Å². The number of benzene rings is 10. The molecule has 358 valence electrons. The lowest BCUT2D eigenvalue weighted by Crippen LogP contribution is -2.04. The zero-order valence-corrected chi connectivity index (χ0v) is 41.4. The van der Waals surface area contributed by atoms with Crippen LogP contribution in [-0.2, 0) is 0 Å². The van der Waals surface area contributed by atoms with Gasteiger partial charge in [-0.2, -0.15) is 26.3 Å². The van der Waals surface area contributed by atoms with Crippen LogP contribution in [0.25, 0.3) is 122 Å². The summed E-state index contributed by atoms with van der Waals surface area (Å²) >= 11 is 0. The molecule has 0 amide bonds. The first-order valence-corrected chi connectivity index (χ1v) is 25.1. The highest BCUT2D eigenvalue weighted by molar-refractivity contribution is 6.13. The van der Waals surface area contributed by atoms with Crippen molar-refractivity contribution >= 4 is 43.6 Å². The smallest absolute Gasteiger partial charge is 0.160 e. The zero-order chi connectivity index (χ0) is 52.9. The minimum absolute atomic E-state index is 0.408.